The van der Waals surface area contributed by atoms with E-state index in [9.17, 15) is 13.2 Å². The summed E-state index contributed by atoms with van der Waals surface area (Å²) in [6.07, 6.45) is 3.12. The van der Waals surface area contributed by atoms with E-state index in [1.54, 1.807) is 0 Å². The van der Waals surface area contributed by atoms with E-state index < -0.39 is 23.5 Å². The summed E-state index contributed by atoms with van der Waals surface area (Å²) in [6.45, 7) is 4.10. The molecule has 0 fully saturated rings. The molecule has 3 nitrogen and oxygen atoms in total. The van der Waals surface area contributed by atoms with Gasteiger partial charge in [-0.25, -0.2) is 13.2 Å². The second kappa shape index (κ2) is 6.30. The van der Waals surface area contributed by atoms with Gasteiger partial charge in [0.25, 0.3) is 0 Å². The maximum absolute atomic E-state index is 13.2. The molecule has 0 saturated heterocycles. The van der Waals surface area contributed by atoms with Crippen LogP contribution in [0.1, 0.15) is 43.6 Å². The van der Waals surface area contributed by atoms with E-state index in [0.29, 0.717) is 6.42 Å². The highest BCUT2D eigenvalue weighted by Crippen LogP contribution is 2.21. The standard InChI is InChI=1S/C15H18F3N3/c1-3-9(2)21-5-4-11(20-21)8-14(19)10-6-12(16)15(18)13(17)7-10/h4-7,9,14H,3,8,19H2,1-2H3. The summed E-state index contributed by atoms with van der Waals surface area (Å²) in [6, 6.07) is 3.30. The summed E-state index contributed by atoms with van der Waals surface area (Å²) in [5, 5.41) is 4.38. The first kappa shape index (κ1) is 15.6. The van der Waals surface area contributed by atoms with Gasteiger partial charge < -0.3 is 5.73 Å². The van der Waals surface area contributed by atoms with Crippen molar-refractivity contribution in [2.24, 2.45) is 5.73 Å². The molecule has 0 saturated carbocycles. The zero-order valence-corrected chi connectivity index (χ0v) is 12.0. The SMILES string of the molecule is CCC(C)n1ccc(CC(N)c2cc(F)c(F)c(F)c2)n1. The molecule has 0 aliphatic heterocycles. The summed E-state index contributed by atoms with van der Waals surface area (Å²) in [5.74, 6) is -3.94. The van der Waals surface area contributed by atoms with E-state index in [0.717, 1.165) is 24.2 Å². The van der Waals surface area contributed by atoms with E-state index in [4.69, 9.17) is 5.73 Å². The predicted octanol–water partition coefficient (Wildman–Crippen LogP) is 3.51. The minimum atomic E-state index is -1.48. The normalized spacial score (nSPS) is 14.2. The van der Waals surface area contributed by atoms with Crippen LogP contribution in [0.3, 0.4) is 0 Å². The minimum Gasteiger partial charge on any atom is -0.324 e. The topological polar surface area (TPSA) is 43.8 Å². The van der Waals surface area contributed by atoms with Gasteiger partial charge in [0.05, 0.1) is 5.69 Å². The molecule has 2 aromatic rings. The van der Waals surface area contributed by atoms with Gasteiger partial charge in [0.2, 0.25) is 0 Å². The lowest BCUT2D eigenvalue weighted by atomic mass is 10.0. The molecule has 1 aromatic heterocycles. The number of hydrogen-bond donors (Lipinski definition) is 1. The van der Waals surface area contributed by atoms with E-state index >= 15 is 0 Å². The number of nitrogens with two attached hydrogens (primary N) is 1. The Hall–Kier alpha value is -1.82. The molecule has 0 aliphatic rings. The maximum atomic E-state index is 13.2. The molecule has 1 heterocycles. The van der Waals surface area contributed by atoms with E-state index in [1.807, 2.05) is 23.9 Å². The molecule has 2 N–H and O–H groups in total. The summed E-state index contributed by atoms with van der Waals surface area (Å²) < 4.78 is 41.2. The average Bonchev–Trinajstić information content (AvgIpc) is 2.91. The van der Waals surface area contributed by atoms with Crippen molar-refractivity contribution in [2.45, 2.75) is 38.8 Å². The third kappa shape index (κ3) is 3.44. The molecule has 0 spiro atoms. The van der Waals surface area contributed by atoms with Crippen LogP contribution in [0.5, 0.6) is 0 Å². The first-order valence-electron chi connectivity index (χ1n) is 6.86. The zero-order valence-electron chi connectivity index (χ0n) is 12.0. The Labute approximate surface area is 121 Å². The molecule has 1 aromatic carbocycles. The van der Waals surface area contributed by atoms with Crippen molar-refractivity contribution < 1.29 is 13.2 Å². The smallest absolute Gasteiger partial charge is 0.194 e. The quantitative estimate of drug-likeness (QED) is 0.858. The van der Waals surface area contributed by atoms with Crippen LogP contribution in [-0.4, -0.2) is 9.78 Å². The third-order valence-electron chi connectivity index (χ3n) is 3.57. The fourth-order valence-electron chi connectivity index (χ4n) is 2.05. The average molecular weight is 297 g/mol. The van der Waals surface area contributed by atoms with Gasteiger partial charge in [-0.15, -0.1) is 0 Å². The van der Waals surface area contributed by atoms with Crippen molar-refractivity contribution in [1.29, 1.82) is 0 Å². The molecule has 21 heavy (non-hydrogen) atoms. The van der Waals surface area contributed by atoms with Gasteiger partial charge in [0.1, 0.15) is 0 Å². The molecule has 0 aliphatic carbocycles. The maximum Gasteiger partial charge on any atom is 0.194 e. The van der Waals surface area contributed by atoms with Crippen molar-refractivity contribution in [3.05, 3.63) is 53.1 Å². The molecule has 0 bridgehead atoms. The minimum absolute atomic E-state index is 0.212. The Balaban J connectivity index is 2.14. The van der Waals surface area contributed by atoms with E-state index in [1.165, 1.54) is 0 Å². The molecule has 6 heteroatoms. The number of nitrogens with zero attached hydrogens (tertiary/aromatic N) is 2. The van der Waals surface area contributed by atoms with Gasteiger partial charge in [-0.05, 0) is 37.1 Å². The van der Waals surface area contributed by atoms with Crippen LogP contribution >= 0.6 is 0 Å². The number of aromatic nitrogens is 2. The van der Waals surface area contributed by atoms with Gasteiger partial charge >= 0.3 is 0 Å². The van der Waals surface area contributed by atoms with Crippen molar-refractivity contribution >= 4 is 0 Å². The van der Waals surface area contributed by atoms with Gasteiger partial charge in [-0.1, -0.05) is 6.92 Å². The van der Waals surface area contributed by atoms with E-state index in [-0.39, 0.29) is 11.6 Å². The van der Waals surface area contributed by atoms with Crippen LogP contribution < -0.4 is 5.73 Å². The third-order valence-corrected chi connectivity index (χ3v) is 3.57. The Morgan fingerprint density at radius 3 is 2.43 bits per heavy atom. The summed E-state index contributed by atoms with van der Waals surface area (Å²) >= 11 is 0. The van der Waals surface area contributed by atoms with Gasteiger partial charge in [0.15, 0.2) is 17.5 Å². The highest BCUT2D eigenvalue weighted by Gasteiger charge is 2.16. The van der Waals surface area contributed by atoms with Gasteiger partial charge in [-0.2, -0.15) is 5.10 Å². The Bertz CT molecular complexity index is 601. The molecule has 2 atom stereocenters. The van der Waals surface area contributed by atoms with Crippen molar-refractivity contribution in [2.75, 3.05) is 0 Å². The fourth-order valence-corrected chi connectivity index (χ4v) is 2.05. The fraction of sp³-hybridized carbons (Fsp3) is 0.400. The Kier molecular flexibility index (Phi) is 4.67. The van der Waals surface area contributed by atoms with Gasteiger partial charge in [-0.3, -0.25) is 4.68 Å². The van der Waals surface area contributed by atoms with Crippen LogP contribution in [0.15, 0.2) is 24.4 Å². The monoisotopic (exact) mass is 297 g/mol. The molecule has 2 rings (SSSR count). The molecular weight excluding hydrogens is 279 g/mol. The van der Waals surface area contributed by atoms with Crippen LogP contribution in [0.4, 0.5) is 13.2 Å². The molecular formula is C15H18F3N3. The lowest BCUT2D eigenvalue weighted by Gasteiger charge is -2.12. The first-order valence-corrected chi connectivity index (χ1v) is 6.86. The lowest BCUT2D eigenvalue weighted by molar-refractivity contribution is 0.443. The second-order valence-electron chi connectivity index (χ2n) is 5.15. The van der Waals surface area contributed by atoms with Crippen LogP contribution in [0.2, 0.25) is 0 Å². The number of halogens is 3. The number of hydrogen-bond acceptors (Lipinski definition) is 2. The first-order chi connectivity index (χ1) is 9.92. The lowest BCUT2D eigenvalue weighted by Crippen LogP contribution is -2.15. The molecule has 0 radical (unpaired) electrons. The second-order valence-corrected chi connectivity index (χ2v) is 5.15. The van der Waals surface area contributed by atoms with Crippen LogP contribution in [-0.2, 0) is 6.42 Å². The summed E-state index contributed by atoms with van der Waals surface area (Å²) in [7, 11) is 0. The highest BCUT2D eigenvalue weighted by molar-refractivity contribution is 5.23. The highest BCUT2D eigenvalue weighted by atomic mass is 19.2. The van der Waals surface area contributed by atoms with Crippen molar-refractivity contribution in [1.82, 2.24) is 9.78 Å². The number of benzene rings is 1. The van der Waals surface area contributed by atoms with E-state index in [2.05, 4.69) is 12.0 Å². The number of rotatable bonds is 5. The Morgan fingerprint density at radius 2 is 1.86 bits per heavy atom. The summed E-state index contributed by atoms with van der Waals surface area (Å²) in [4.78, 5) is 0. The Morgan fingerprint density at radius 1 is 1.24 bits per heavy atom. The van der Waals surface area contributed by atoms with Gasteiger partial charge in [0, 0.05) is 24.7 Å². The molecule has 0 amide bonds. The largest absolute Gasteiger partial charge is 0.324 e. The van der Waals surface area contributed by atoms with Crippen molar-refractivity contribution in [3.8, 4) is 0 Å². The van der Waals surface area contributed by atoms with Crippen LogP contribution in [0, 0.1) is 17.5 Å². The summed E-state index contributed by atoms with van der Waals surface area (Å²) in [5.41, 5.74) is 6.87. The predicted molar refractivity (Wildman–Crippen MR) is 74.2 cm³/mol. The molecule has 114 valence electrons. The molecule has 2 unspecified atom stereocenters. The van der Waals surface area contributed by atoms with Crippen molar-refractivity contribution in [3.63, 3.8) is 0 Å². The van der Waals surface area contributed by atoms with Crippen LogP contribution in [0.25, 0.3) is 0 Å². The zero-order chi connectivity index (χ0) is 15.6.